The van der Waals surface area contributed by atoms with Gasteiger partial charge in [0.25, 0.3) is 5.91 Å². The van der Waals surface area contributed by atoms with Crippen molar-refractivity contribution in [2.24, 2.45) is 0 Å². The molecule has 11 heavy (non-hydrogen) atoms. The molecule has 0 aromatic carbocycles. The van der Waals surface area contributed by atoms with Crippen LogP contribution in [-0.4, -0.2) is 30.9 Å². The van der Waals surface area contributed by atoms with E-state index in [1.165, 1.54) is 0 Å². The molecule has 6 nitrogen and oxygen atoms in total. The first kappa shape index (κ1) is 7.52. The van der Waals surface area contributed by atoms with Crippen LogP contribution in [0.4, 0.5) is 4.79 Å². The van der Waals surface area contributed by atoms with Gasteiger partial charge in [0.2, 0.25) is 6.41 Å². The fourth-order valence-corrected chi connectivity index (χ4v) is 0.747. The summed E-state index contributed by atoms with van der Waals surface area (Å²) in [5, 5.41) is 6.61. The minimum atomic E-state index is -0.648. The van der Waals surface area contributed by atoms with Crippen molar-refractivity contribution in [1.82, 2.24) is 16.0 Å². The molecule has 0 aliphatic carbocycles. The molecular weight excluding hydrogens is 150 g/mol. The standard InChI is InChI=1S/C5H7N3O3/c9-2-7-3-1-6-5(11)8-4(3)10/h2-3H,1H2,(H,7,9)(H2,6,8,10,11). The molecule has 4 amide bonds. The van der Waals surface area contributed by atoms with E-state index in [0.29, 0.717) is 6.41 Å². The number of urea groups is 1. The molecule has 0 bridgehead atoms. The second-order valence-electron chi connectivity index (χ2n) is 2.04. The smallest absolute Gasteiger partial charge is 0.321 e. The first-order valence-corrected chi connectivity index (χ1v) is 3.02. The molecule has 60 valence electrons. The zero-order valence-corrected chi connectivity index (χ0v) is 5.59. The Morgan fingerprint density at radius 3 is 2.82 bits per heavy atom. The van der Waals surface area contributed by atoms with Gasteiger partial charge in [0.05, 0.1) is 0 Å². The third-order valence-electron chi connectivity index (χ3n) is 1.29. The van der Waals surface area contributed by atoms with Crippen molar-refractivity contribution in [3.05, 3.63) is 0 Å². The van der Waals surface area contributed by atoms with Crippen molar-refractivity contribution < 1.29 is 14.4 Å². The highest BCUT2D eigenvalue weighted by molar-refractivity contribution is 6.00. The van der Waals surface area contributed by atoms with Gasteiger partial charge in [-0.3, -0.25) is 14.9 Å². The normalized spacial score (nSPS) is 23.5. The topological polar surface area (TPSA) is 87.3 Å². The molecule has 1 rings (SSSR count). The number of imide groups is 1. The van der Waals surface area contributed by atoms with Gasteiger partial charge in [-0.25, -0.2) is 4.79 Å². The summed E-state index contributed by atoms with van der Waals surface area (Å²) in [5.74, 6) is -0.485. The Balaban J connectivity index is 2.50. The van der Waals surface area contributed by atoms with Crippen LogP contribution in [0.3, 0.4) is 0 Å². The molecule has 0 spiro atoms. The maximum Gasteiger partial charge on any atom is 0.321 e. The molecule has 0 aromatic rings. The second kappa shape index (κ2) is 3.00. The molecule has 0 radical (unpaired) electrons. The van der Waals surface area contributed by atoms with Crippen LogP contribution in [0.15, 0.2) is 0 Å². The van der Waals surface area contributed by atoms with E-state index < -0.39 is 18.0 Å². The Morgan fingerprint density at radius 2 is 2.27 bits per heavy atom. The van der Waals surface area contributed by atoms with Crippen LogP contribution >= 0.6 is 0 Å². The van der Waals surface area contributed by atoms with Crippen LogP contribution in [-0.2, 0) is 9.59 Å². The van der Waals surface area contributed by atoms with E-state index in [-0.39, 0.29) is 6.54 Å². The first-order chi connectivity index (χ1) is 5.24. The van der Waals surface area contributed by atoms with E-state index in [4.69, 9.17) is 0 Å². The van der Waals surface area contributed by atoms with E-state index in [9.17, 15) is 14.4 Å². The Hall–Kier alpha value is -1.59. The lowest BCUT2D eigenvalue weighted by Crippen LogP contribution is -2.59. The van der Waals surface area contributed by atoms with Crippen LogP contribution in [0.1, 0.15) is 0 Å². The van der Waals surface area contributed by atoms with Gasteiger partial charge in [-0.2, -0.15) is 0 Å². The van der Waals surface area contributed by atoms with Crippen LogP contribution in [0, 0.1) is 0 Å². The fourth-order valence-electron chi connectivity index (χ4n) is 0.747. The molecule has 1 saturated heterocycles. The molecule has 1 atom stereocenters. The van der Waals surface area contributed by atoms with Gasteiger partial charge >= 0.3 is 6.03 Å². The van der Waals surface area contributed by atoms with E-state index in [1.54, 1.807) is 0 Å². The summed E-state index contributed by atoms with van der Waals surface area (Å²) >= 11 is 0. The predicted molar refractivity (Wildman–Crippen MR) is 34.5 cm³/mol. The zero-order chi connectivity index (χ0) is 8.27. The summed E-state index contributed by atoms with van der Waals surface area (Å²) in [4.78, 5) is 31.2. The average molecular weight is 157 g/mol. The summed E-state index contributed by atoms with van der Waals surface area (Å²) in [7, 11) is 0. The van der Waals surface area contributed by atoms with E-state index in [0.717, 1.165) is 0 Å². The van der Waals surface area contributed by atoms with Crippen molar-refractivity contribution >= 4 is 18.3 Å². The molecule has 1 aliphatic heterocycles. The van der Waals surface area contributed by atoms with Crippen molar-refractivity contribution in [1.29, 1.82) is 0 Å². The molecule has 3 N–H and O–H groups in total. The molecule has 1 aliphatic rings. The molecule has 1 fully saturated rings. The SMILES string of the molecule is O=CNC1CNC(=O)NC1=O. The van der Waals surface area contributed by atoms with E-state index >= 15 is 0 Å². The molecule has 6 heteroatoms. The first-order valence-electron chi connectivity index (χ1n) is 3.02. The second-order valence-corrected chi connectivity index (χ2v) is 2.04. The highest BCUT2D eigenvalue weighted by Gasteiger charge is 2.24. The van der Waals surface area contributed by atoms with Gasteiger partial charge in [0.1, 0.15) is 6.04 Å². The van der Waals surface area contributed by atoms with Crippen molar-refractivity contribution in [2.45, 2.75) is 6.04 Å². The number of rotatable bonds is 2. The van der Waals surface area contributed by atoms with Crippen LogP contribution in [0.2, 0.25) is 0 Å². The maximum absolute atomic E-state index is 10.8. The maximum atomic E-state index is 10.8. The van der Waals surface area contributed by atoms with Gasteiger partial charge in [0.15, 0.2) is 0 Å². The van der Waals surface area contributed by atoms with Gasteiger partial charge in [-0.05, 0) is 0 Å². The van der Waals surface area contributed by atoms with E-state index in [1.807, 2.05) is 5.32 Å². The lowest BCUT2D eigenvalue weighted by Gasteiger charge is -2.20. The zero-order valence-electron chi connectivity index (χ0n) is 5.59. The number of amides is 4. The van der Waals surface area contributed by atoms with Crippen molar-refractivity contribution in [3.63, 3.8) is 0 Å². The Kier molecular flexibility index (Phi) is 2.05. The van der Waals surface area contributed by atoms with Crippen LogP contribution < -0.4 is 16.0 Å². The third-order valence-corrected chi connectivity index (χ3v) is 1.29. The highest BCUT2D eigenvalue weighted by atomic mass is 16.2. The quantitative estimate of drug-likeness (QED) is 0.403. The number of carbonyl (C=O) groups excluding carboxylic acids is 3. The van der Waals surface area contributed by atoms with Crippen LogP contribution in [0.5, 0.6) is 0 Å². The fraction of sp³-hybridized carbons (Fsp3) is 0.400. The summed E-state index contributed by atoms with van der Waals surface area (Å²) in [5.41, 5.74) is 0. The Morgan fingerprint density at radius 1 is 1.55 bits per heavy atom. The van der Waals surface area contributed by atoms with Gasteiger partial charge in [-0.15, -0.1) is 0 Å². The molecule has 1 unspecified atom stereocenters. The lowest BCUT2D eigenvalue weighted by molar-refractivity contribution is -0.124. The summed E-state index contributed by atoms with van der Waals surface area (Å²) in [6, 6.07) is -1.18. The summed E-state index contributed by atoms with van der Waals surface area (Å²) in [6.45, 7) is 0.142. The summed E-state index contributed by atoms with van der Waals surface area (Å²) < 4.78 is 0. The number of hydrogen-bond donors (Lipinski definition) is 3. The third kappa shape index (κ3) is 1.66. The minimum Gasteiger partial charge on any atom is -0.345 e. The molecule has 0 saturated carbocycles. The molecular formula is C5H7N3O3. The molecule has 0 aromatic heterocycles. The molecule has 1 heterocycles. The Bertz CT molecular complexity index is 203. The van der Waals surface area contributed by atoms with Crippen LogP contribution in [0.25, 0.3) is 0 Å². The predicted octanol–water partition coefficient (Wildman–Crippen LogP) is -2.06. The summed E-state index contributed by atoms with van der Waals surface area (Å²) in [6.07, 6.45) is 0.418. The largest absolute Gasteiger partial charge is 0.345 e. The van der Waals surface area contributed by atoms with Crippen molar-refractivity contribution in [3.8, 4) is 0 Å². The lowest BCUT2D eigenvalue weighted by atomic mass is 10.2. The average Bonchev–Trinajstić information content (AvgIpc) is 1.95. The van der Waals surface area contributed by atoms with Gasteiger partial charge < -0.3 is 10.6 Å². The highest BCUT2D eigenvalue weighted by Crippen LogP contribution is 1.86. The van der Waals surface area contributed by atoms with Gasteiger partial charge in [-0.1, -0.05) is 0 Å². The number of nitrogens with one attached hydrogen (secondary N) is 3. The van der Waals surface area contributed by atoms with E-state index in [2.05, 4.69) is 10.6 Å². The number of carbonyl (C=O) groups is 3. The van der Waals surface area contributed by atoms with Crippen molar-refractivity contribution in [2.75, 3.05) is 6.54 Å². The van der Waals surface area contributed by atoms with Gasteiger partial charge in [0, 0.05) is 6.54 Å². The Labute approximate surface area is 62.3 Å². The number of hydrogen-bond acceptors (Lipinski definition) is 3. The monoisotopic (exact) mass is 157 g/mol. The minimum absolute atomic E-state index is 0.142.